The summed E-state index contributed by atoms with van der Waals surface area (Å²) in [6.07, 6.45) is -2.77. The number of carbonyl (C=O) groups excluding carboxylic acids is 6. The fourth-order valence-corrected chi connectivity index (χ4v) is 5.06. The molecule has 0 aromatic heterocycles. The molecule has 2 rings (SSSR count). The molecular formula is C45H87Cl3LiN6O17+. The molecule has 2 aliphatic rings. The van der Waals surface area contributed by atoms with Gasteiger partial charge in [-0.05, 0) is 132 Å². The average molecular weight is 1100 g/mol. The van der Waals surface area contributed by atoms with E-state index >= 15 is 0 Å². The van der Waals surface area contributed by atoms with Crippen molar-refractivity contribution in [2.24, 2.45) is 0 Å². The van der Waals surface area contributed by atoms with Gasteiger partial charge in [0.25, 0.3) is 11.8 Å². The molecule has 0 aromatic rings. The molecule has 2 saturated heterocycles. The van der Waals surface area contributed by atoms with E-state index in [2.05, 4.69) is 26.5 Å². The van der Waals surface area contributed by atoms with E-state index in [4.69, 9.17) is 53.7 Å². The van der Waals surface area contributed by atoms with Gasteiger partial charge in [0.05, 0.1) is 39.8 Å². The number of rotatable bonds is 10. The maximum atomic E-state index is 12.0. The molecule has 2 heterocycles. The zero-order valence-corrected chi connectivity index (χ0v) is 47.8. The summed E-state index contributed by atoms with van der Waals surface area (Å²) in [5.41, 5.74) is 7.47. The molecular weight excluding hydrogens is 1010 g/mol. The molecule has 0 radical (unpaired) electrons. The van der Waals surface area contributed by atoms with E-state index in [1.54, 1.807) is 83.1 Å². The Labute approximate surface area is 457 Å². The first-order chi connectivity index (χ1) is 29.9. The smallest absolute Gasteiger partial charge is 1.00 e. The second-order valence-corrected chi connectivity index (χ2v) is 20.3. The number of quaternary nitrogens is 1. The van der Waals surface area contributed by atoms with Gasteiger partial charge in [0.2, 0.25) is 5.78 Å². The summed E-state index contributed by atoms with van der Waals surface area (Å²) in [7, 11) is 0. The van der Waals surface area contributed by atoms with E-state index in [0.29, 0.717) is 0 Å². The Morgan fingerprint density at radius 3 is 1.24 bits per heavy atom. The van der Waals surface area contributed by atoms with Crippen LogP contribution in [0.5, 0.6) is 0 Å². The zero-order valence-electron chi connectivity index (χ0n) is 45.4. The van der Waals surface area contributed by atoms with Crippen molar-refractivity contribution in [2.45, 2.75) is 222 Å². The molecule has 0 aromatic carbocycles. The summed E-state index contributed by atoms with van der Waals surface area (Å²) >= 11 is 0. The number of halogens is 3. The standard InChI is InChI=1S/C14H25N3O4.C13H25NO5.C10H17NO4.C5H9NO2.C2H4O2.CH4.3ClH.Li/c1-9(20-13(2,3)4)11(10(18)8-16-15)17-12(19)21-14(5,6)7;1-8(18-12(2,3)4)9(10(15)16)14-11(17)19-13(5,6)7;1-6-8(7(12)5-14-6)11-9(13)15-10(2,3)4;1-3-5(6)4(7)2-8-3;1-2(3)4;;;;;/h8-9,11,15H,1-7H3;8-9H,1-7H3,(H,14,17)(H,15,16);6,8H,5H2,1-4H3,(H,11,13);3,5H,2,6H2,1H3;1H3,(H,3,4);1H4;3*1H;/q;;;;;;;;;+1/t9-,11-;8-,9-;6-,8-;3-,5-;;;;;;/m0000....../s1. The number of Topliss-reactive ketones (excluding diaryl/α,β-unsaturated/α-hetero) is 3. The van der Waals surface area contributed by atoms with Crippen molar-refractivity contribution in [1.82, 2.24) is 16.0 Å². The summed E-state index contributed by atoms with van der Waals surface area (Å²) < 4.78 is 36.5. The Bertz CT molecular complexity index is 1700. The van der Waals surface area contributed by atoms with Gasteiger partial charge in [0.15, 0.2) is 17.9 Å². The number of aliphatic carboxylic acids is 2. The summed E-state index contributed by atoms with van der Waals surface area (Å²) in [5.74, 6) is -2.51. The second kappa shape index (κ2) is 38.0. The summed E-state index contributed by atoms with van der Waals surface area (Å²) in [4.78, 5) is 91.7. The summed E-state index contributed by atoms with van der Waals surface area (Å²) in [6.45, 7) is 34.8. The summed E-state index contributed by atoms with van der Waals surface area (Å²) in [5, 5.41) is 23.8. The van der Waals surface area contributed by atoms with Gasteiger partial charge < -0.3 is 89.9 Å². The van der Waals surface area contributed by atoms with E-state index in [9.17, 15) is 33.6 Å². The molecule has 0 saturated carbocycles. The van der Waals surface area contributed by atoms with Crippen molar-refractivity contribution in [3.05, 3.63) is 0 Å². The van der Waals surface area contributed by atoms with Crippen LogP contribution in [0.2, 0.25) is 0 Å². The number of amides is 3. The Hall–Kier alpha value is -3.59. The van der Waals surface area contributed by atoms with Crippen LogP contribution in [0.3, 0.4) is 0 Å². The van der Waals surface area contributed by atoms with Crippen LogP contribution in [0.1, 0.15) is 146 Å². The quantitative estimate of drug-likeness (QED) is 0.0358. The van der Waals surface area contributed by atoms with E-state index in [0.717, 1.165) is 13.1 Å². The Kier molecular flexibility index (Phi) is 45.0. The predicted octanol–water partition coefficient (Wildman–Crippen LogP) is -4.26. The Morgan fingerprint density at radius 1 is 0.667 bits per heavy atom. The van der Waals surface area contributed by atoms with Crippen molar-refractivity contribution < 1.29 is 136 Å². The van der Waals surface area contributed by atoms with Crippen LogP contribution >= 0.6 is 12.4 Å². The van der Waals surface area contributed by atoms with Crippen molar-refractivity contribution in [1.29, 1.82) is 5.53 Å². The number of alkyl carbamates (subject to hydrolysis) is 3. The first-order valence-electron chi connectivity index (χ1n) is 21.5. The van der Waals surface area contributed by atoms with Gasteiger partial charge in [0, 0.05) is 6.92 Å². The minimum absolute atomic E-state index is 0. The third-order valence-corrected chi connectivity index (χ3v) is 7.57. The molecule has 27 heteroatoms. The molecule has 0 aliphatic carbocycles. The van der Waals surface area contributed by atoms with Crippen LogP contribution in [-0.4, -0.2) is 159 Å². The van der Waals surface area contributed by atoms with Crippen molar-refractivity contribution in [2.75, 3.05) is 13.2 Å². The molecule has 0 spiro atoms. The van der Waals surface area contributed by atoms with Gasteiger partial charge in [-0.2, -0.15) is 0 Å². The first-order valence-corrected chi connectivity index (χ1v) is 21.5. The molecule has 8 atom stereocenters. The number of ether oxygens (including phenoxy) is 7. The normalized spacial score (nSPS) is 18.5. The van der Waals surface area contributed by atoms with Gasteiger partial charge in [0.1, 0.15) is 48.2 Å². The number of carboxylic acid groups (broad SMARTS) is 2. The molecule has 72 heavy (non-hydrogen) atoms. The Balaban J connectivity index is -0.000000124. The van der Waals surface area contributed by atoms with E-state index < -0.39 is 94.3 Å². The van der Waals surface area contributed by atoms with Gasteiger partial charge in [-0.25, -0.2) is 19.2 Å². The second-order valence-electron chi connectivity index (χ2n) is 20.3. The molecule has 0 bridgehead atoms. The molecule has 9 N–H and O–H groups in total. The van der Waals surface area contributed by atoms with Crippen LogP contribution in [0.25, 0.3) is 0 Å². The predicted molar refractivity (Wildman–Crippen MR) is 257 cm³/mol. The van der Waals surface area contributed by atoms with Gasteiger partial charge in [-0.15, -0.1) is 12.4 Å². The van der Waals surface area contributed by atoms with Crippen molar-refractivity contribution in [3.8, 4) is 0 Å². The molecule has 23 nitrogen and oxygen atoms in total. The third-order valence-electron chi connectivity index (χ3n) is 7.57. The van der Waals surface area contributed by atoms with Gasteiger partial charge in [-0.1, -0.05) is 7.43 Å². The minimum atomic E-state index is -1.16. The maximum absolute atomic E-state index is 12.0. The molecule has 2 fully saturated rings. The van der Waals surface area contributed by atoms with Crippen LogP contribution < -0.4 is 65.4 Å². The SMILES string of the molecule is C.CC(=O)O.C[C@@H]1OCC(=O)[C@H]1NC(=O)OC(C)(C)C.C[C@@H]1OCC(=O)[C@H]1[NH3+].C[C@H](OC(C)(C)C)[C@H](NC(=O)OC(C)(C)C)C(=O)C=[N+]=N.C[C@H](OC(C)(C)C)[C@H](NC(=O)OC(C)(C)C)C(=O)O.Cl.[Cl-].[Cl-].[Li+]. The fraction of sp³-hybridized carbons (Fsp3) is 0.800. The van der Waals surface area contributed by atoms with E-state index in [1.807, 2.05) is 48.5 Å². The van der Waals surface area contributed by atoms with Gasteiger partial charge in [-0.3, -0.25) is 19.2 Å². The maximum Gasteiger partial charge on any atom is 1.00 e. The number of nitrogens with one attached hydrogen (secondary N) is 4. The molecule has 0 unspecified atom stereocenters. The van der Waals surface area contributed by atoms with Crippen LogP contribution in [-0.2, 0) is 57.1 Å². The minimum Gasteiger partial charge on any atom is -1.00 e. The number of hydrogen-bond donors (Lipinski definition) is 7. The number of ketones is 3. The molecule has 2 aliphatic heterocycles. The number of hydrogen-bond acceptors (Lipinski definition) is 16. The average Bonchev–Trinajstić information content (AvgIpc) is 3.55. The van der Waals surface area contributed by atoms with Crippen molar-refractivity contribution in [3.63, 3.8) is 0 Å². The van der Waals surface area contributed by atoms with Crippen LogP contribution in [0.15, 0.2) is 0 Å². The number of carbonyl (C=O) groups is 8. The molecule has 420 valence electrons. The molecule has 3 amide bonds. The van der Waals surface area contributed by atoms with E-state index in [1.165, 1.54) is 0 Å². The Morgan fingerprint density at radius 2 is 0.986 bits per heavy atom. The summed E-state index contributed by atoms with van der Waals surface area (Å²) in [6, 6.07) is -2.84. The first kappa shape index (κ1) is 85.2. The zero-order chi connectivity index (χ0) is 53.6. The third kappa shape index (κ3) is 46.2. The van der Waals surface area contributed by atoms with E-state index in [-0.39, 0.29) is 107 Å². The van der Waals surface area contributed by atoms with Crippen LogP contribution in [0, 0.1) is 5.53 Å². The van der Waals surface area contributed by atoms with Crippen LogP contribution in [0.4, 0.5) is 14.4 Å². The van der Waals surface area contributed by atoms with Gasteiger partial charge >= 0.3 is 49.3 Å². The van der Waals surface area contributed by atoms with Crippen molar-refractivity contribution >= 4 is 66.2 Å². The topological polar surface area (TPSA) is 343 Å². The number of carboxylic acids is 2. The largest absolute Gasteiger partial charge is 1.00 e. The fourth-order valence-electron chi connectivity index (χ4n) is 5.06. The number of nitrogens with zero attached hydrogens (tertiary/aromatic N) is 1. The monoisotopic (exact) mass is 1100 g/mol.